The van der Waals surface area contributed by atoms with E-state index in [-0.39, 0.29) is 38.2 Å². The Labute approximate surface area is 227 Å². The molecule has 0 aromatic heterocycles. The topological polar surface area (TPSA) is 129 Å². The van der Waals surface area contributed by atoms with E-state index in [4.69, 9.17) is 33.4 Å². The Kier molecular flexibility index (Phi) is 12.1. The zero-order valence-electron chi connectivity index (χ0n) is 22.7. The molecule has 2 N–H and O–H groups in total. The lowest BCUT2D eigenvalue weighted by molar-refractivity contribution is -0.115. The van der Waals surface area contributed by atoms with Gasteiger partial charge in [0.15, 0.2) is 0 Å². The SMILES string of the molecule is COc1cc(NC(C)=O)ccc1N1OCCOCCOCCOCCON1c1ccc(NC(C)=O)cc1OC. The Balaban J connectivity index is 2.05. The molecular weight excluding hydrogens is 512 g/mol. The van der Waals surface area contributed by atoms with Crippen LogP contribution in [0.15, 0.2) is 36.4 Å². The fraction of sp³-hybridized carbons (Fsp3) is 0.462. The van der Waals surface area contributed by atoms with Gasteiger partial charge in [0, 0.05) is 37.4 Å². The Hall–Kier alpha value is -3.62. The van der Waals surface area contributed by atoms with E-state index in [1.54, 1.807) is 36.4 Å². The first kappa shape index (κ1) is 29.9. The molecule has 0 bridgehead atoms. The Bertz CT molecular complexity index is 1000. The number of benzene rings is 2. The molecule has 39 heavy (non-hydrogen) atoms. The van der Waals surface area contributed by atoms with Crippen molar-refractivity contribution in [3.05, 3.63) is 36.4 Å². The lowest BCUT2D eigenvalue weighted by Gasteiger charge is -2.36. The van der Waals surface area contributed by atoms with Crippen molar-refractivity contribution < 1.29 is 42.9 Å². The molecule has 13 heteroatoms. The lowest BCUT2D eigenvalue weighted by Crippen LogP contribution is -2.45. The summed E-state index contributed by atoms with van der Waals surface area (Å²) in [6.07, 6.45) is 0. The maximum absolute atomic E-state index is 11.6. The van der Waals surface area contributed by atoms with Crippen LogP contribution in [0.1, 0.15) is 13.8 Å². The van der Waals surface area contributed by atoms with E-state index < -0.39 is 0 Å². The molecule has 0 atom stereocenters. The molecule has 1 aliphatic heterocycles. The summed E-state index contributed by atoms with van der Waals surface area (Å²) in [5.74, 6) is 0.357. The number of hydrazine groups is 1. The summed E-state index contributed by atoms with van der Waals surface area (Å²) in [5, 5.41) is 8.30. The van der Waals surface area contributed by atoms with Gasteiger partial charge in [-0.2, -0.15) is 0 Å². The van der Waals surface area contributed by atoms with E-state index in [0.717, 1.165) is 0 Å². The quantitative estimate of drug-likeness (QED) is 0.553. The van der Waals surface area contributed by atoms with E-state index in [2.05, 4.69) is 10.6 Å². The number of hydrogen-bond donors (Lipinski definition) is 2. The van der Waals surface area contributed by atoms with Gasteiger partial charge in [0.25, 0.3) is 0 Å². The van der Waals surface area contributed by atoms with Crippen LogP contribution in [0.3, 0.4) is 0 Å². The lowest BCUT2D eigenvalue weighted by atomic mass is 10.2. The summed E-state index contributed by atoms with van der Waals surface area (Å²) < 4.78 is 28.0. The number of methoxy groups -OCH3 is 2. The van der Waals surface area contributed by atoms with Crippen molar-refractivity contribution in [2.45, 2.75) is 13.8 Å². The molecule has 2 amide bonds. The number of ether oxygens (including phenoxy) is 5. The van der Waals surface area contributed by atoms with Crippen molar-refractivity contribution in [3.8, 4) is 11.5 Å². The van der Waals surface area contributed by atoms with Gasteiger partial charge in [0.1, 0.15) is 36.1 Å². The molecule has 13 nitrogen and oxygen atoms in total. The molecule has 1 fully saturated rings. The fourth-order valence-electron chi connectivity index (χ4n) is 3.58. The van der Waals surface area contributed by atoms with Crippen LogP contribution in [-0.4, -0.2) is 78.9 Å². The monoisotopic (exact) mass is 548 g/mol. The predicted molar refractivity (Wildman–Crippen MR) is 144 cm³/mol. The van der Waals surface area contributed by atoms with Crippen molar-refractivity contribution in [2.24, 2.45) is 0 Å². The normalized spacial score (nSPS) is 16.0. The van der Waals surface area contributed by atoms with Gasteiger partial charge in [0.05, 0.1) is 53.9 Å². The van der Waals surface area contributed by atoms with Crippen LogP contribution in [-0.2, 0) is 33.5 Å². The van der Waals surface area contributed by atoms with Gasteiger partial charge in [0.2, 0.25) is 11.8 Å². The largest absolute Gasteiger partial charge is 0.494 e. The van der Waals surface area contributed by atoms with Crippen molar-refractivity contribution in [1.29, 1.82) is 0 Å². The summed E-state index contributed by atoms with van der Waals surface area (Å²) in [6, 6.07) is 10.2. The first-order valence-electron chi connectivity index (χ1n) is 12.4. The average Bonchev–Trinajstić information content (AvgIpc) is 2.92. The summed E-state index contributed by atoms with van der Waals surface area (Å²) in [4.78, 5) is 35.5. The molecule has 0 unspecified atom stereocenters. The first-order chi connectivity index (χ1) is 18.9. The molecule has 2 aromatic carbocycles. The van der Waals surface area contributed by atoms with Crippen molar-refractivity contribution in [1.82, 2.24) is 0 Å². The van der Waals surface area contributed by atoms with Crippen molar-refractivity contribution in [3.63, 3.8) is 0 Å². The number of anilines is 4. The molecule has 0 saturated carbocycles. The van der Waals surface area contributed by atoms with Gasteiger partial charge in [-0.3, -0.25) is 9.59 Å². The number of nitrogens with one attached hydrogen (secondary N) is 2. The second kappa shape index (κ2) is 15.7. The van der Waals surface area contributed by atoms with Crippen molar-refractivity contribution in [2.75, 3.05) is 88.1 Å². The zero-order valence-corrected chi connectivity index (χ0v) is 22.7. The van der Waals surface area contributed by atoms with E-state index in [9.17, 15) is 9.59 Å². The summed E-state index contributed by atoms with van der Waals surface area (Å²) in [6.45, 7) is 5.37. The third kappa shape index (κ3) is 9.26. The van der Waals surface area contributed by atoms with Crippen LogP contribution < -0.4 is 30.5 Å². The van der Waals surface area contributed by atoms with Crippen LogP contribution in [0.5, 0.6) is 11.5 Å². The molecule has 1 saturated heterocycles. The van der Waals surface area contributed by atoms with Gasteiger partial charge in [-0.1, -0.05) is 0 Å². The molecule has 0 radical (unpaired) electrons. The van der Waals surface area contributed by atoms with E-state index in [1.165, 1.54) is 38.4 Å². The smallest absolute Gasteiger partial charge is 0.221 e. The highest BCUT2D eigenvalue weighted by molar-refractivity contribution is 5.90. The standard InChI is InChI=1S/C26H36N4O9/c1-19(31)27-21-5-7-23(25(17-21)33-3)29-30(24-8-6-22(28-20(2)32)18-26(24)34-4)39-16-14-37-12-10-35-9-11-36-13-15-38-29/h5-8,17-18H,9-16H2,1-4H3,(H,27,31)(H,28,32). The minimum absolute atomic E-state index is 0.152. The van der Waals surface area contributed by atoms with Gasteiger partial charge in [-0.25, -0.2) is 9.68 Å². The van der Waals surface area contributed by atoms with Crippen LogP contribution in [0.2, 0.25) is 0 Å². The Morgan fingerprint density at radius 1 is 0.641 bits per heavy atom. The molecule has 0 spiro atoms. The van der Waals surface area contributed by atoms with Crippen LogP contribution in [0.25, 0.3) is 0 Å². The fourth-order valence-corrected chi connectivity index (χ4v) is 3.58. The number of carbonyl (C=O) groups is 2. The highest BCUT2D eigenvalue weighted by Gasteiger charge is 2.27. The van der Waals surface area contributed by atoms with Gasteiger partial charge < -0.3 is 34.3 Å². The Morgan fingerprint density at radius 3 is 1.33 bits per heavy atom. The first-order valence-corrected chi connectivity index (χ1v) is 12.4. The summed E-state index contributed by atoms with van der Waals surface area (Å²) in [5.41, 5.74) is 2.02. The number of nitrogens with zero attached hydrogens (tertiary/aromatic N) is 2. The third-order valence-corrected chi connectivity index (χ3v) is 5.20. The highest BCUT2D eigenvalue weighted by Crippen LogP contribution is 2.38. The molecule has 2 aromatic rings. The van der Waals surface area contributed by atoms with Crippen LogP contribution >= 0.6 is 0 Å². The van der Waals surface area contributed by atoms with Gasteiger partial charge >= 0.3 is 0 Å². The maximum Gasteiger partial charge on any atom is 0.221 e. The second-order valence-corrected chi connectivity index (χ2v) is 8.19. The third-order valence-electron chi connectivity index (χ3n) is 5.20. The van der Waals surface area contributed by atoms with Crippen molar-refractivity contribution >= 4 is 34.6 Å². The van der Waals surface area contributed by atoms with Gasteiger partial charge in [-0.05, 0) is 24.3 Å². The van der Waals surface area contributed by atoms with E-state index in [0.29, 0.717) is 60.7 Å². The van der Waals surface area contributed by atoms with Crippen LogP contribution in [0.4, 0.5) is 22.7 Å². The molecule has 214 valence electrons. The molecule has 3 rings (SSSR count). The number of hydrogen-bond acceptors (Lipinski definition) is 11. The number of carbonyl (C=O) groups excluding carboxylic acids is 2. The average molecular weight is 549 g/mol. The zero-order chi connectivity index (χ0) is 28.0. The minimum atomic E-state index is -0.217. The van der Waals surface area contributed by atoms with Crippen LogP contribution in [0, 0.1) is 0 Å². The Morgan fingerprint density at radius 2 is 1.00 bits per heavy atom. The van der Waals surface area contributed by atoms with Gasteiger partial charge in [-0.15, -0.1) is 10.3 Å². The summed E-state index contributed by atoms with van der Waals surface area (Å²) in [7, 11) is 3.02. The number of rotatable bonds is 6. The molecule has 0 aliphatic carbocycles. The predicted octanol–water partition coefficient (Wildman–Crippen LogP) is 2.78. The van der Waals surface area contributed by atoms with E-state index in [1.807, 2.05) is 0 Å². The second-order valence-electron chi connectivity index (χ2n) is 8.19. The maximum atomic E-state index is 11.6. The summed E-state index contributed by atoms with van der Waals surface area (Å²) >= 11 is 0. The minimum Gasteiger partial charge on any atom is -0.494 e. The molecule has 1 heterocycles. The number of amides is 2. The highest BCUT2D eigenvalue weighted by atomic mass is 16.8. The molecular formula is C26H36N4O9. The molecule has 1 aliphatic rings. The van der Waals surface area contributed by atoms with E-state index >= 15 is 0 Å².